The molecule has 1 atom stereocenters. The van der Waals surface area contributed by atoms with Crippen LogP contribution in [0.25, 0.3) is 0 Å². The Morgan fingerprint density at radius 3 is 2.65 bits per heavy atom. The molecular formula is C14H23BrN2. The van der Waals surface area contributed by atoms with Crippen molar-refractivity contribution in [1.82, 2.24) is 0 Å². The van der Waals surface area contributed by atoms with Crippen LogP contribution >= 0.6 is 15.9 Å². The molecule has 1 unspecified atom stereocenters. The molecule has 0 aliphatic carbocycles. The number of hydrogen-bond acceptors (Lipinski definition) is 2. The summed E-state index contributed by atoms with van der Waals surface area (Å²) in [6.07, 6.45) is 3.38. The highest BCUT2D eigenvalue weighted by atomic mass is 79.9. The molecule has 0 heterocycles. The van der Waals surface area contributed by atoms with Crippen LogP contribution in [0.15, 0.2) is 22.7 Å². The van der Waals surface area contributed by atoms with Crippen LogP contribution in [0.5, 0.6) is 0 Å². The molecule has 96 valence electrons. The fourth-order valence-electron chi connectivity index (χ4n) is 1.87. The molecule has 1 aromatic carbocycles. The van der Waals surface area contributed by atoms with E-state index in [-0.39, 0.29) is 6.04 Å². The summed E-state index contributed by atoms with van der Waals surface area (Å²) in [4.78, 5) is 2.29. The second-order valence-electron chi connectivity index (χ2n) is 4.74. The van der Waals surface area contributed by atoms with Gasteiger partial charge in [-0.3, -0.25) is 0 Å². The van der Waals surface area contributed by atoms with Crippen LogP contribution in [-0.4, -0.2) is 19.6 Å². The van der Waals surface area contributed by atoms with Crippen molar-refractivity contribution in [3.8, 4) is 0 Å². The van der Waals surface area contributed by atoms with E-state index in [4.69, 9.17) is 5.73 Å². The van der Waals surface area contributed by atoms with Crippen molar-refractivity contribution in [2.24, 2.45) is 5.73 Å². The Morgan fingerprint density at radius 2 is 2.12 bits per heavy atom. The van der Waals surface area contributed by atoms with Gasteiger partial charge in [-0.25, -0.2) is 0 Å². The highest BCUT2D eigenvalue weighted by molar-refractivity contribution is 9.10. The first-order valence-electron chi connectivity index (χ1n) is 6.29. The first-order valence-corrected chi connectivity index (χ1v) is 7.09. The molecule has 0 saturated carbocycles. The summed E-state index contributed by atoms with van der Waals surface area (Å²) in [6, 6.07) is 6.75. The predicted octanol–water partition coefficient (Wildman–Crippen LogP) is 3.58. The van der Waals surface area contributed by atoms with Gasteiger partial charge >= 0.3 is 0 Å². The minimum atomic E-state index is 0.213. The second-order valence-corrected chi connectivity index (χ2v) is 5.60. The normalized spacial score (nSPS) is 12.5. The van der Waals surface area contributed by atoms with Gasteiger partial charge < -0.3 is 10.6 Å². The first kappa shape index (κ1) is 14.5. The van der Waals surface area contributed by atoms with E-state index in [1.165, 1.54) is 24.1 Å². The van der Waals surface area contributed by atoms with Crippen molar-refractivity contribution < 1.29 is 0 Å². The summed E-state index contributed by atoms with van der Waals surface area (Å²) in [5.41, 5.74) is 8.36. The van der Waals surface area contributed by atoms with Crippen molar-refractivity contribution in [3.63, 3.8) is 0 Å². The summed E-state index contributed by atoms with van der Waals surface area (Å²) in [5, 5.41) is 0. The second kappa shape index (κ2) is 7.02. The standard InChI is InChI=1S/C14H23BrN2/c1-4-5-8-17(3)14-7-6-12(9-11(2)16)10-13(14)15/h6-7,10-11H,4-5,8-9,16H2,1-3H3. The number of nitrogens with two attached hydrogens (primary N) is 1. The third-order valence-electron chi connectivity index (χ3n) is 2.83. The van der Waals surface area contributed by atoms with Crippen LogP contribution in [0, 0.1) is 0 Å². The predicted molar refractivity (Wildman–Crippen MR) is 79.7 cm³/mol. The number of rotatable bonds is 6. The molecule has 0 aliphatic rings. The highest BCUT2D eigenvalue weighted by Gasteiger charge is 2.07. The molecule has 0 fully saturated rings. The Hall–Kier alpha value is -0.540. The third-order valence-corrected chi connectivity index (χ3v) is 3.46. The summed E-state index contributed by atoms with van der Waals surface area (Å²) in [5.74, 6) is 0. The highest BCUT2D eigenvalue weighted by Crippen LogP contribution is 2.27. The smallest absolute Gasteiger partial charge is 0.0508 e. The van der Waals surface area contributed by atoms with Gasteiger partial charge in [-0.2, -0.15) is 0 Å². The SMILES string of the molecule is CCCCN(C)c1ccc(CC(C)N)cc1Br. The summed E-state index contributed by atoms with van der Waals surface area (Å²) < 4.78 is 1.16. The van der Waals surface area contributed by atoms with Gasteiger partial charge in [0.05, 0.1) is 5.69 Å². The van der Waals surface area contributed by atoms with E-state index >= 15 is 0 Å². The molecule has 0 radical (unpaired) electrons. The average Bonchev–Trinajstić information content (AvgIpc) is 2.25. The number of unbranched alkanes of at least 4 members (excludes halogenated alkanes) is 1. The molecule has 1 rings (SSSR count). The molecule has 3 heteroatoms. The van der Waals surface area contributed by atoms with E-state index in [1.54, 1.807) is 0 Å². The van der Waals surface area contributed by atoms with Crippen LogP contribution in [0.2, 0.25) is 0 Å². The Morgan fingerprint density at radius 1 is 1.41 bits per heavy atom. The number of nitrogens with zero attached hydrogens (tertiary/aromatic N) is 1. The molecule has 0 saturated heterocycles. The molecule has 2 N–H and O–H groups in total. The number of anilines is 1. The van der Waals surface area contributed by atoms with E-state index in [0.29, 0.717) is 0 Å². The molecule has 2 nitrogen and oxygen atoms in total. The third kappa shape index (κ3) is 4.68. The van der Waals surface area contributed by atoms with Crippen LogP contribution in [0.1, 0.15) is 32.3 Å². The Bertz CT molecular complexity index is 350. The molecule has 1 aromatic rings. The van der Waals surface area contributed by atoms with Crippen molar-refractivity contribution in [3.05, 3.63) is 28.2 Å². The Kier molecular flexibility index (Phi) is 6.00. The van der Waals surface area contributed by atoms with Gasteiger partial charge in [-0.05, 0) is 53.4 Å². The van der Waals surface area contributed by atoms with Gasteiger partial charge in [0.2, 0.25) is 0 Å². The minimum Gasteiger partial charge on any atom is -0.374 e. The van der Waals surface area contributed by atoms with Crippen molar-refractivity contribution in [1.29, 1.82) is 0 Å². The maximum Gasteiger partial charge on any atom is 0.0508 e. The van der Waals surface area contributed by atoms with Crippen LogP contribution in [-0.2, 0) is 6.42 Å². The van der Waals surface area contributed by atoms with E-state index in [9.17, 15) is 0 Å². The van der Waals surface area contributed by atoms with Crippen LogP contribution < -0.4 is 10.6 Å². The van der Waals surface area contributed by atoms with E-state index in [2.05, 4.69) is 53.0 Å². The molecular weight excluding hydrogens is 276 g/mol. The van der Waals surface area contributed by atoms with Gasteiger partial charge in [0.15, 0.2) is 0 Å². The number of hydrogen-bond donors (Lipinski definition) is 1. The average molecular weight is 299 g/mol. The Balaban J connectivity index is 2.74. The van der Waals surface area contributed by atoms with Crippen LogP contribution in [0.3, 0.4) is 0 Å². The summed E-state index contributed by atoms with van der Waals surface area (Å²) in [6.45, 7) is 5.35. The van der Waals surface area contributed by atoms with Crippen LogP contribution in [0.4, 0.5) is 5.69 Å². The topological polar surface area (TPSA) is 29.3 Å². The van der Waals surface area contributed by atoms with Gasteiger partial charge in [0.25, 0.3) is 0 Å². The van der Waals surface area contributed by atoms with Gasteiger partial charge in [-0.1, -0.05) is 19.4 Å². The summed E-state index contributed by atoms with van der Waals surface area (Å²) >= 11 is 3.65. The van der Waals surface area contributed by atoms with E-state index < -0.39 is 0 Å². The lowest BCUT2D eigenvalue weighted by Crippen LogP contribution is -2.20. The lowest BCUT2D eigenvalue weighted by atomic mass is 10.1. The molecule has 0 bridgehead atoms. The number of benzene rings is 1. The molecule has 0 amide bonds. The lowest BCUT2D eigenvalue weighted by Gasteiger charge is -2.21. The maximum atomic E-state index is 5.81. The van der Waals surface area contributed by atoms with E-state index in [1.807, 2.05) is 6.92 Å². The molecule has 0 aromatic heterocycles. The molecule has 0 aliphatic heterocycles. The summed E-state index contributed by atoms with van der Waals surface area (Å²) in [7, 11) is 2.14. The van der Waals surface area contributed by atoms with Gasteiger partial charge in [0.1, 0.15) is 0 Å². The van der Waals surface area contributed by atoms with Gasteiger partial charge in [0, 0.05) is 24.1 Å². The number of halogens is 1. The fourth-order valence-corrected chi connectivity index (χ4v) is 2.60. The minimum absolute atomic E-state index is 0.213. The quantitative estimate of drug-likeness (QED) is 0.870. The van der Waals surface area contributed by atoms with Crippen molar-refractivity contribution in [2.75, 3.05) is 18.5 Å². The zero-order valence-corrected chi connectivity index (χ0v) is 12.6. The molecule has 0 spiro atoms. The zero-order valence-electron chi connectivity index (χ0n) is 11.0. The largest absolute Gasteiger partial charge is 0.374 e. The monoisotopic (exact) mass is 298 g/mol. The fraction of sp³-hybridized carbons (Fsp3) is 0.571. The zero-order chi connectivity index (χ0) is 12.8. The maximum absolute atomic E-state index is 5.81. The molecule has 17 heavy (non-hydrogen) atoms. The Labute approximate surface area is 113 Å². The first-order chi connectivity index (χ1) is 8.04. The van der Waals surface area contributed by atoms with E-state index in [0.717, 1.165) is 17.4 Å². The van der Waals surface area contributed by atoms with Crippen molar-refractivity contribution >= 4 is 21.6 Å². The van der Waals surface area contributed by atoms with Crippen molar-refractivity contribution in [2.45, 2.75) is 39.2 Å². The lowest BCUT2D eigenvalue weighted by molar-refractivity contribution is 0.736. The van der Waals surface area contributed by atoms with Gasteiger partial charge in [-0.15, -0.1) is 0 Å².